The first-order valence-electron chi connectivity index (χ1n) is 9.34. The van der Waals surface area contributed by atoms with Gasteiger partial charge < -0.3 is 15.0 Å². The summed E-state index contributed by atoms with van der Waals surface area (Å²) < 4.78 is 41.4. The molecule has 2 aromatic carbocycles. The average molecular weight is 441 g/mol. The van der Waals surface area contributed by atoms with Gasteiger partial charge in [0.15, 0.2) is 0 Å². The fourth-order valence-electron chi connectivity index (χ4n) is 3.51. The lowest BCUT2D eigenvalue weighted by Crippen LogP contribution is -2.38. The van der Waals surface area contributed by atoms with E-state index in [4.69, 9.17) is 11.6 Å². The van der Waals surface area contributed by atoms with Crippen molar-refractivity contribution in [3.05, 3.63) is 58.6 Å². The first-order valence-corrected chi connectivity index (χ1v) is 9.72. The van der Waals surface area contributed by atoms with Gasteiger partial charge in [0.05, 0.1) is 12.5 Å². The number of nitrogens with zero attached hydrogens (tertiary/aromatic N) is 1. The van der Waals surface area contributed by atoms with Crippen LogP contribution in [0.1, 0.15) is 36.9 Å². The minimum atomic E-state index is -4.78. The van der Waals surface area contributed by atoms with Crippen molar-refractivity contribution in [2.24, 2.45) is 0 Å². The van der Waals surface area contributed by atoms with E-state index in [1.54, 1.807) is 29.2 Å². The van der Waals surface area contributed by atoms with Crippen LogP contribution in [0.5, 0.6) is 5.75 Å². The maximum absolute atomic E-state index is 13.0. The summed E-state index contributed by atoms with van der Waals surface area (Å²) in [4.78, 5) is 26.2. The summed E-state index contributed by atoms with van der Waals surface area (Å²) in [7, 11) is 0. The Morgan fingerprint density at radius 1 is 1.20 bits per heavy atom. The number of ether oxygens (including phenoxy) is 1. The number of rotatable bonds is 5. The van der Waals surface area contributed by atoms with E-state index in [1.807, 2.05) is 0 Å². The normalized spacial score (nSPS) is 14.6. The number of halogens is 4. The highest BCUT2D eigenvalue weighted by molar-refractivity contribution is 6.30. The van der Waals surface area contributed by atoms with Gasteiger partial charge in [-0.3, -0.25) is 9.59 Å². The highest BCUT2D eigenvalue weighted by atomic mass is 35.5. The molecule has 2 amide bonds. The molecule has 0 saturated carbocycles. The highest BCUT2D eigenvalue weighted by Gasteiger charge is 2.32. The maximum atomic E-state index is 13.0. The zero-order valence-electron chi connectivity index (χ0n) is 16.1. The van der Waals surface area contributed by atoms with Crippen LogP contribution in [0.15, 0.2) is 42.5 Å². The topological polar surface area (TPSA) is 58.6 Å². The lowest BCUT2D eigenvalue weighted by molar-refractivity contribution is -0.274. The summed E-state index contributed by atoms with van der Waals surface area (Å²) in [5.74, 6) is -0.835. The monoisotopic (exact) mass is 440 g/mol. The molecule has 1 N–H and O–H groups in total. The van der Waals surface area contributed by atoms with E-state index in [1.165, 1.54) is 25.1 Å². The summed E-state index contributed by atoms with van der Waals surface area (Å²) in [6, 6.07) is 10.2. The zero-order chi connectivity index (χ0) is 21.9. The van der Waals surface area contributed by atoms with E-state index < -0.39 is 12.4 Å². The molecule has 1 aliphatic rings. The largest absolute Gasteiger partial charge is 0.573 e. The van der Waals surface area contributed by atoms with E-state index >= 15 is 0 Å². The molecule has 0 aromatic heterocycles. The Hall–Kier alpha value is -2.74. The fraction of sp³-hybridized carbons (Fsp3) is 0.333. The predicted molar refractivity (Wildman–Crippen MR) is 106 cm³/mol. The van der Waals surface area contributed by atoms with Gasteiger partial charge in [-0.2, -0.15) is 0 Å². The van der Waals surface area contributed by atoms with Gasteiger partial charge in [-0.1, -0.05) is 23.7 Å². The maximum Gasteiger partial charge on any atom is 0.573 e. The van der Waals surface area contributed by atoms with Gasteiger partial charge in [-0.05, 0) is 54.3 Å². The third kappa shape index (κ3) is 5.66. The summed E-state index contributed by atoms with van der Waals surface area (Å²) in [5, 5.41) is 3.31. The Balaban J connectivity index is 1.81. The molecule has 0 fully saturated rings. The number of fused-ring (bicyclic) bond motifs is 1. The van der Waals surface area contributed by atoms with Gasteiger partial charge in [0.2, 0.25) is 11.8 Å². The predicted octanol–water partition coefficient (Wildman–Crippen LogP) is 4.79. The Labute approximate surface area is 176 Å². The zero-order valence-corrected chi connectivity index (χ0v) is 16.9. The molecular weight excluding hydrogens is 421 g/mol. The highest BCUT2D eigenvalue weighted by Crippen LogP contribution is 2.34. The average Bonchev–Trinajstić information content (AvgIpc) is 2.65. The number of carbonyl (C=O) groups is 2. The molecule has 0 aliphatic carbocycles. The summed E-state index contributed by atoms with van der Waals surface area (Å²) >= 11 is 5.92. The minimum absolute atomic E-state index is 0.00144. The molecule has 1 unspecified atom stereocenters. The summed E-state index contributed by atoms with van der Waals surface area (Å²) in [6.07, 6.45) is -3.62. The standard InChI is InChI=1S/C21H20ClF3N2O3/c1-13(28)26-18(14-4-6-16(22)7-5-14)12-20(29)27-10-2-3-15-11-17(8-9-19(15)27)30-21(23,24)25/h4-9,11,18H,2-3,10,12H2,1H3,(H,26,28). The Kier molecular flexibility index (Phi) is 6.55. The van der Waals surface area contributed by atoms with Gasteiger partial charge in [-0.25, -0.2) is 0 Å². The van der Waals surface area contributed by atoms with Crippen LogP contribution in [0.2, 0.25) is 5.02 Å². The first kappa shape index (κ1) is 22.0. The molecule has 3 rings (SSSR count). The number of nitrogens with one attached hydrogen (secondary N) is 1. The molecule has 1 aliphatic heterocycles. The molecule has 30 heavy (non-hydrogen) atoms. The third-order valence-electron chi connectivity index (χ3n) is 4.73. The number of amides is 2. The van der Waals surface area contributed by atoms with Crippen LogP contribution in [0.4, 0.5) is 18.9 Å². The number of benzene rings is 2. The van der Waals surface area contributed by atoms with E-state index in [0.29, 0.717) is 35.7 Å². The lowest BCUT2D eigenvalue weighted by Gasteiger charge is -2.31. The van der Waals surface area contributed by atoms with Crippen LogP contribution in [0.25, 0.3) is 0 Å². The van der Waals surface area contributed by atoms with Crippen molar-refractivity contribution in [3.63, 3.8) is 0 Å². The Bertz CT molecular complexity index is 932. The van der Waals surface area contributed by atoms with Crippen molar-refractivity contribution in [3.8, 4) is 5.75 Å². The second kappa shape index (κ2) is 8.95. The van der Waals surface area contributed by atoms with Gasteiger partial charge in [0.25, 0.3) is 0 Å². The number of anilines is 1. The SMILES string of the molecule is CC(=O)NC(CC(=O)N1CCCc2cc(OC(F)(F)F)ccc21)c1ccc(Cl)cc1. The van der Waals surface area contributed by atoms with E-state index in [2.05, 4.69) is 10.1 Å². The number of aryl methyl sites for hydroxylation is 1. The van der Waals surface area contributed by atoms with Crippen LogP contribution in [0, 0.1) is 0 Å². The lowest BCUT2D eigenvalue weighted by atomic mass is 9.98. The molecule has 0 radical (unpaired) electrons. The number of hydrogen-bond acceptors (Lipinski definition) is 3. The second-order valence-corrected chi connectivity index (χ2v) is 7.43. The van der Waals surface area contributed by atoms with Crippen molar-refractivity contribution in [2.45, 2.75) is 38.6 Å². The van der Waals surface area contributed by atoms with Crippen molar-refractivity contribution < 1.29 is 27.5 Å². The Morgan fingerprint density at radius 3 is 2.53 bits per heavy atom. The van der Waals surface area contributed by atoms with E-state index in [0.717, 1.165) is 5.56 Å². The number of carbonyl (C=O) groups excluding carboxylic acids is 2. The Morgan fingerprint density at radius 2 is 1.90 bits per heavy atom. The van der Waals surface area contributed by atoms with Crippen LogP contribution in [0.3, 0.4) is 0 Å². The summed E-state index contributed by atoms with van der Waals surface area (Å²) in [6.45, 7) is 1.81. The van der Waals surface area contributed by atoms with Crippen molar-refractivity contribution in [2.75, 3.05) is 11.4 Å². The van der Waals surface area contributed by atoms with Crippen LogP contribution in [-0.4, -0.2) is 24.7 Å². The molecule has 9 heteroatoms. The van der Waals surface area contributed by atoms with Crippen LogP contribution >= 0.6 is 11.6 Å². The third-order valence-corrected chi connectivity index (χ3v) is 4.98. The van der Waals surface area contributed by atoms with Gasteiger partial charge >= 0.3 is 6.36 Å². The van der Waals surface area contributed by atoms with Gasteiger partial charge in [0, 0.05) is 24.2 Å². The quantitative estimate of drug-likeness (QED) is 0.727. The number of hydrogen-bond donors (Lipinski definition) is 1. The van der Waals surface area contributed by atoms with Crippen molar-refractivity contribution in [1.82, 2.24) is 5.32 Å². The second-order valence-electron chi connectivity index (χ2n) is 7.00. The van der Waals surface area contributed by atoms with E-state index in [9.17, 15) is 22.8 Å². The van der Waals surface area contributed by atoms with Crippen molar-refractivity contribution in [1.29, 1.82) is 0 Å². The molecule has 0 bridgehead atoms. The van der Waals surface area contributed by atoms with Gasteiger partial charge in [-0.15, -0.1) is 13.2 Å². The molecule has 5 nitrogen and oxygen atoms in total. The fourth-order valence-corrected chi connectivity index (χ4v) is 3.63. The molecule has 0 spiro atoms. The van der Waals surface area contributed by atoms with Crippen molar-refractivity contribution >= 4 is 29.1 Å². The molecule has 0 saturated heterocycles. The van der Waals surface area contributed by atoms with Crippen LogP contribution < -0.4 is 15.0 Å². The summed E-state index contributed by atoms with van der Waals surface area (Å²) in [5.41, 5.74) is 1.89. The molecule has 160 valence electrons. The molecule has 1 atom stereocenters. The molecule has 2 aromatic rings. The minimum Gasteiger partial charge on any atom is -0.406 e. The molecular formula is C21H20ClF3N2O3. The molecule has 1 heterocycles. The van der Waals surface area contributed by atoms with Crippen LogP contribution in [-0.2, 0) is 16.0 Å². The number of alkyl halides is 3. The van der Waals surface area contributed by atoms with Gasteiger partial charge in [0.1, 0.15) is 5.75 Å². The smallest absolute Gasteiger partial charge is 0.406 e. The first-order chi connectivity index (χ1) is 14.1. The van der Waals surface area contributed by atoms with E-state index in [-0.39, 0.29) is 24.0 Å².